The second-order valence-electron chi connectivity index (χ2n) is 3.09. The summed E-state index contributed by atoms with van der Waals surface area (Å²) in [7, 11) is 0. The first-order chi connectivity index (χ1) is 7.33. The Balaban J connectivity index is 2.51. The predicted molar refractivity (Wildman–Crippen MR) is 59.6 cm³/mol. The van der Waals surface area contributed by atoms with Gasteiger partial charge in [-0.3, -0.25) is 0 Å². The number of nitrogen functional groups attached to an aromatic ring is 1. The van der Waals surface area contributed by atoms with Crippen LogP contribution >= 0.6 is 0 Å². The van der Waals surface area contributed by atoms with E-state index in [1.807, 2.05) is 25.1 Å². The van der Waals surface area contributed by atoms with Crippen molar-refractivity contribution >= 4 is 5.69 Å². The summed E-state index contributed by atoms with van der Waals surface area (Å²) in [6, 6.07) is 5.63. The Kier molecular flexibility index (Phi) is 2.58. The number of ether oxygens (including phenoxy) is 1. The average molecular weight is 203 g/mol. The maximum absolute atomic E-state index is 5.85. The van der Waals surface area contributed by atoms with Crippen molar-refractivity contribution in [3.8, 4) is 17.1 Å². The first kappa shape index (κ1) is 9.58. The Bertz CT molecular complexity index is 437. The number of aromatic amines is 1. The molecule has 2 rings (SSSR count). The van der Waals surface area contributed by atoms with Crippen molar-refractivity contribution in [2.45, 2.75) is 6.92 Å². The standard InChI is InChI=1S/C11H13N3O/c1-2-15-10-8(4-3-5-9(10)12)11-13-6-7-14-11/h3-7H,2,12H2,1H3,(H,13,14). The van der Waals surface area contributed by atoms with Crippen molar-refractivity contribution in [3.63, 3.8) is 0 Å². The largest absolute Gasteiger partial charge is 0.491 e. The van der Waals surface area contributed by atoms with Crippen LogP contribution in [0.2, 0.25) is 0 Å². The molecule has 1 heterocycles. The van der Waals surface area contributed by atoms with Crippen LogP contribution in [-0.4, -0.2) is 16.6 Å². The van der Waals surface area contributed by atoms with Gasteiger partial charge in [0, 0.05) is 12.4 Å². The number of nitrogens with one attached hydrogen (secondary N) is 1. The van der Waals surface area contributed by atoms with Crippen LogP contribution in [0.25, 0.3) is 11.4 Å². The molecule has 0 saturated carbocycles. The number of nitrogens with two attached hydrogens (primary N) is 1. The third kappa shape index (κ3) is 1.79. The molecule has 0 aliphatic heterocycles. The van der Waals surface area contributed by atoms with Gasteiger partial charge in [-0.05, 0) is 19.1 Å². The molecule has 0 bridgehead atoms. The Labute approximate surface area is 88.1 Å². The molecule has 0 fully saturated rings. The van der Waals surface area contributed by atoms with Gasteiger partial charge in [0.05, 0.1) is 17.9 Å². The van der Waals surface area contributed by atoms with Crippen molar-refractivity contribution in [1.29, 1.82) is 0 Å². The summed E-state index contributed by atoms with van der Waals surface area (Å²) in [6.07, 6.45) is 3.47. The number of imidazole rings is 1. The Morgan fingerprint density at radius 3 is 3.00 bits per heavy atom. The molecule has 78 valence electrons. The zero-order valence-electron chi connectivity index (χ0n) is 8.53. The molecule has 0 saturated heterocycles. The van der Waals surface area contributed by atoms with Crippen LogP contribution < -0.4 is 10.5 Å². The van der Waals surface area contributed by atoms with Crippen molar-refractivity contribution in [2.24, 2.45) is 0 Å². The summed E-state index contributed by atoms with van der Waals surface area (Å²) in [4.78, 5) is 7.21. The van der Waals surface area contributed by atoms with E-state index in [4.69, 9.17) is 10.5 Å². The number of anilines is 1. The Morgan fingerprint density at radius 2 is 2.33 bits per heavy atom. The molecule has 1 aromatic heterocycles. The topological polar surface area (TPSA) is 63.9 Å². The van der Waals surface area contributed by atoms with Gasteiger partial charge in [0.1, 0.15) is 5.82 Å². The van der Waals surface area contributed by atoms with Crippen LogP contribution in [0.4, 0.5) is 5.69 Å². The van der Waals surface area contributed by atoms with Gasteiger partial charge in [-0.15, -0.1) is 0 Å². The molecule has 0 radical (unpaired) electrons. The molecule has 0 spiro atoms. The Hall–Kier alpha value is -1.97. The van der Waals surface area contributed by atoms with Crippen molar-refractivity contribution in [1.82, 2.24) is 9.97 Å². The van der Waals surface area contributed by atoms with Crippen LogP contribution in [0.5, 0.6) is 5.75 Å². The fraction of sp³-hybridized carbons (Fsp3) is 0.182. The lowest BCUT2D eigenvalue weighted by atomic mass is 10.1. The van der Waals surface area contributed by atoms with Crippen LogP contribution in [0.3, 0.4) is 0 Å². The molecule has 4 heteroatoms. The van der Waals surface area contributed by atoms with Gasteiger partial charge < -0.3 is 15.5 Å². The molecule has 2 aromatic rings. The number of para-hydroxylation sites is 1. The summed E-state index contributed by atoms with van der Waals surface area (Å²) < 4.78 is 5.51. The summed E-state index contributed by atoms with van der Waals surface area (Å²) in [5.41, 5.74) is 7.37. The molecule has 3 N–H and O–H groups in total. The van der Waals surface area contributed by atoms with E-state index in [0.717, 1.165) is 11.4 Å². The first-order valence-corrected chi connectivity index (χ1v) is 4.84. The first-order valence-electron chi connectivity index (χ1n) is 4.84. The smallest absolute Gasteiger partial charge is 0.153 e. The second kappa shape index (κ2) is 4.04. The van der Waals surface area contributed by atoms with Crippen LogP contribution in [-0.2, 0) is 0 Å². The van der Waals surface area contributed by atoms with E-state index >= 15 is 0 Å². The van der Waals surface area contributed by atoms with E-state index < -0.39 is 0 Å². The molecule has 0 amide bonds. The lowest BCUT2D eigenvalue weighted by molar-refractivity contribution is 0.343. The highest BCUT2D eigenvalue weighted by Crippen LogP contribution is 2.32. The summed E-state index contributed by atoms with van der Waals surface area (Å²) in [6.45, 7) is 2.51. The summed E-state index contributed by atoms with van der Waals surface area (Å²) in [5, 5.41) is 0. The molecule has 1 aromatic carbocycles. The average Bonchev–Trinajstić information content (AvgIpc) is 2.74. The van der Waals surface area contributed by atoms with Crippen LogP contribution in [0.1, 0.15) is 6.92 Å². The van der Waals surface area contributed by atoms with Gasteiger partial charge in [0.2, 0.25) is 0 Å². The number of hydrogen-bond acceptors (Lipinski definition) is 3. The number of aromatic nitrogens is 2. The number of H-pyrrole nitrogens is 1. The molecular weight excluding hydrogens is 190 g/mol. The number of rotatable bonds is 3. The van der Waals surface area contributed by atoms with Crippen molar-refractivity contribution in [3.05, 3.63) is 30.6 Å². The zero-order chi connectivity index (χ0) is 10.7. The minimum atomic E-state index is 0.585. The van der Waals surface area contributed by atoms with Gasteiger partial charge in [-0.2, -0.15) is 0 Å². The second-order valence-corrected chi connectivity index (χ2v) is 3.09. The van der Waals surface area contributed by atoms with Crippen molar-refractivity contribution in [2.75, 3.05) is 12.3 Å². The highest BCUT2D eigenvalue weighted by Gasteiger charge is 2.10. The zero-order valence-corrected chi connectivity index (χ0v) is 8.53. The molecule has 0 aliphatic carbocycles. The predicted octanol–water partition coefficient (Wildman–Crippen LogP) is 2.06. The van der Waals surface area contributed by atoms with Crippen molar-refractivity contribution < 1.29 is 4.74 Å². The fourth-order valence-electron chi connectivity index (χ4n) is 1.46. The lowest BCUT2D eigenvalue weighted by Gasteiger charge is -2.10. The molecule has 0 aliphatic rings. The third-order valence-electron chi connectivity index (χ3n) is 2.09. The van der Waals surface area contributed by atoms with Gasteiger partial charge in [0.25, 0.3) is 0 Å². The van der Waals surface area contributed by atoms with Crippen LogP contribution in [0.15, 0.2) is 30.6 Å². The highest BCUT2D eigenvalue weighted by molar-refractivity contribution is 5.73. The van der Waals surface area contributed by atoms with E-state index in [-0.39, 0.29) is 0 Å². The fourth-order valence-corrected chi connectivity index (χ4v) is 1.46. The van der Waals surface area contributed by atoms with E-state index in [9.17, 15) is 0 Å². The van der Waals surface area contributed by atoms with Gasteiger partial charge in [-0.1, -0.05) is 6.07 Å². The normalized spacial score (nSPS) is 10.2. The maximum Gasteiger partial charge on any atom is 0.153 e. The SMILES string of the molecule is CCOc1c(N)cccc1-c1ncc[nH]1. The number of hydrogen-bond donors (Lipinski definition) is 2. The summed E-state index contributed by atoms with van der Waals surface area (Å²) >= 11 is 0. The molecular formula is C11H13N3O. The highest BCUT2D eigenvalue weighted by atomic mass is 16.5. The Morgan fingerprint density at radius 1 is 1.47 bits per heavy atom. The monoisotopic (exact) mass is 203 g/mol. The maximum atomic E-state index is 5.85. The molecule has 15 heavy (non-hydrogen) atoms. The molecule has 0 atom stereocenters. The number of benzene rings is 1. The van der Waals surface area contributed by atoms with E-state index in [2.05, 4.69) is 9.97 Å². The summed E-state index contributed by atoms with van der Waals surface area (Å²) in [5.74, 6) is 1.46. The van der Waals surface area contributed by atoms with E-state index in [0.29, 0.717) is 18.0 Å². The quantitative estimate of drug-likeness (QED) is 0.750. The van der Waals surface area contributed by atoms with Gasteiger partial charge in [-0.25, -0.2) is 4.98 Å². The van der Waals surface area contributed by atoms with Gasteiger partial charge in [0.15, 0.2) is 5.75 Å². The van der Waals surface area contributed by atoms with Crippen LogP contribution in [0, 0.1) is 0 Å². The minimum Gasteiger partial charge on any atom is -0.491 e. The lowest BCUT2D eigenvalue weighted by Crippen LogP contribution is -1.99. The van der Waals surface area contributed by atoms with E-state index in [1.54, 1.807) is 12.4 Å². The minimum absolute atomic E-state index is 0.585. The number of nitrogens with zero attached hydrogens (tertiary/aromatic N) is 1. The third-order valence-corrected chi connectivity index (χ3v) is 2.09. The van der Waals surface area contributed by atoms with Gasteiger partial charge >= 0.3 is 0 Å². The molecule has 0 unspecified atom stereocenters. The molecule has 4 nitrogen and oxygen atoms in total. The van der Waals surface area contributed by atoms with E-state index in [1.165, 1.54) is 0 Å².